The van der Waals surface area contributed by atoms with E-state index in [-0.39, 0.29) is 30.6 Å². The lowest BCUT2D eigenvalue weighted by atomic mass is 10.0. The number of benzene rings is 1. The Bertz CT molecular complexity index is 469. The molecule has 1 aromatic carbocycles. The third-order valence-corrected chi connectivity index (χ3v) is 4.20. The molecule has 0 spiro atoms. The standard InChI is InChI=1S/C17H25NO3/c1-12(11-19)13(2)18-17(20)14-6-5-9-16(10-14)21-15-7-3-4-8-15/h5-6,9-10,12-13,15,19H,3-4,7-8,11H2,1-2H3,(H,18,20). The Labute approximate surface area is 126 Å². The van der Waals surface area contributed by atoms with Crippen LogP contribution in [0.3, 0.4) is 0 Å². The van der Waals surface area contributed by atoms with Gasteiger partial charge >= 0.3 is 0 Å². The summed E-state index contributed by atoms with van der Waals surface area (Å²) in [4.78, 5) is 12.2. The van der Waals surface area contributed by atoms with E-state index in [0.29, 0.717) is 5.56 Å². The summed E-state index contributed by atoms with van der Waals surface area (Å²) < 4.78 is 5.92. The first-order valence-corrected chi connectivity index (χ1v) is 7.78. The lowest BCUT2D eigenvalue weighted by molar-refractivity contribution is 0.0915. The second-order valence-corrected chi connectivity index (χ2v) is 5.97. The first-order chi connectivity index (χ1) is 10.1. The van der Waals surface area contributed by atoms with Crippen molar-refractivity contribution >= 4 is 5.91 Å². The van der Waals surface area contributed by atoms with E-state index in [1.54, 1.807) is 12.1 Å². The minimum Gasteiger partial charge on any atom is -0.490 e. The fourth-order valence-electron chi connectivity index (χ4n) is 2.50. The van der Waals surface area contributed by atoms with Crippen molar-refractivity contribution in [3.63, 3.8) is 0 Å². The van der Waals surface area contributed by atoms with Gasteiger partial charge in [-0.1, -0.05) is 13.0 Å². The molecule has 0 saturated heterocycles. The molecular formula is C17H25NO3. The summed E-state index contributed by atoms with van der Waals surface area (Å²) in [5.41, 5.74) is 0.600. The Balaban J connectivity index is 1.97. The van der Waals surface area contributed by atoms with E-state index in [1.807, 2.05) is 26.0 Å². The molecule has 0 radical (unpaired) electrons. The molecule has 0 bridgehead atoms. The molecule has 0 heterocycles. The van der Waals surface area contributed by atoms with Gasteiger partial charge in [0.25, 0.3) is 5.91 Å². The molecule has 0 aliphatic heterocycles. The number of ether oxygens (including phenoxy) is 1. The number of nitrogens with one attached hydrogen (secondary N) is 1. The van der Waals surface area contributed by atoms with E-state index < -0.39 is 0 Å². The minimum absolute atomic E-state index is 0.0341. The summed E-state index contributed by atoms with van der Waals surface area (Å²) in [5.74, 6) is 0.670. The van der Waals surface area contributed by atoms with Crippen LogP contribution >= 0.6 is 0 Å². The monoisotopic (exact) mass is 291 g/mol. The maximum absolute atomic E-state index is 12.2. The van der Waals surface area contributed by atoms with Crippen molar-refractivity contribution in [2.75, 3.05) is 6.61 Å². The summed E-state index contributed by atoms with van der Waals surface area (Å²) in [6, 6.07) is 7.26. The highest BCUT2D eigenvalue weighted by Gasteiger charge is 2.18. The lowest BCUT2D eigenvalue weighted by Gasteiger charge is -2.19. The molecular weight excluding hydrogens is 266 g/mol. The highest BCUT2D eigenvalue weighted by molar-refractivity contribution is 5.94. The molecule has 116 valence electrons. The predicted octanol–water partition coefficient (Wildman–Crippen LogP) is 2.75. The van der Waals surface area contributed by atoms with Crippen LogP contribution in [0.1, 0.15) is 49.9 Å². The van der Waals surface area contributed by atoms with E-state index in [2.05, 4.69) is 5.32 Å². The molecule has 2 unspecified atom stereocenters. The van der Waals surface area contributed by atoms with Crippen LogP contribution < -0.4 is 10.1 Å². The van der Waals surface area contributed by atoms with Crippen molar-refractivity contribution in [2.24, 2.45) is 5.92 Å². The van der Waals surface area contributed by atoms with Gasteiger partial charge in [0.05, 0.1) is 6.10 Å². The van der Waals surface area contributed by atoms with Crippen LogP contribution in [0.25, 0.3) is 0 Å². The Kier molecular flexibility index (Phi) is 5.62. The molecule has 4 heteroatoms. The first kappa shape index (κ1) is 15.8. The molecule has 1 amide bonds. The number of rotatable bonds is 6. The van der Waals surface area contributed by atoms with Gasteiger partial charge in [0.2, 0.25) is 0 Å². The minimum atomic E-state index is -0.125. The predicted molar refractivity (Wildman–Crippen MR) is 82.5 cm³/mol. The zero-order chi connectivity index (χ0) is 15.2. The maximum Gasteiger partial charge on any atom is 0.251 e. The zero-order valence-corrected chi connectivity index (χ0v) is 12.8. The number of hydrogen-bond acceptors (Lipinski definition) is 3. The molecule has 1 aliphatic carbocycles. The van der Waals surface area contributed by atoms with Crippen LogP contribution in [0.4, 0.5) is 0 Å². The fourth-order valence-corrected chi connectivity index (χ4v) is 2.50. The van der Waals surface area contributed by atoms with Crippen LogP contribution in [0.15, 0.2) is 24.3 Å². The molecule has 2 N–H and O–H groups in total. The summed E-state index contributed by atoms with van der Waals surface area (Å²) in [6.07, 6.45) is 4.93. The molecule has 1 saturated carbocycles. The van der Waals surface area contributed by atoms with E-state index in [4.69, 9.17) is 9.84 Å². The Morgan fingerprint density at radius 1 is 1.38 bits per heavy atom. The van der Waals surface area contributed by atoms with Gasteiger partial charge in [0.15, 0.2) is 0 Å². The van der Waals surface area contributed by atoms with Crippen molar-refractivity contribution in [1.82, 2.24) is 5.32 Å². The van der Waals surface area contributed by atoms with Crippen LogP contribution in [0, 0.1) is 5.92 Å². The summed E-state index contributed by atoms with van der Waals surface area (Å²) in [6.45, 7) is 3.87. The van der Waals surface area contributed by atoms with Crippen LogP contribution in [-0.2, 0) is 0 Å². The Morgan fingerprint density at radius 2 is 2.10 bits per heavy atom. The normalized spacial score (nSPS) is 18.2. The van der Waals surface area contributed by atoms with E-state index >= 15 is 0 Å². The maximum atomic E-state index is 12.2. The molecule has 1 fully saturated rings. The molecule has 1 aromatic rings. The van der Waals surface area contributed by atoms with Crippen molar-refractivity contribution in [3.8, 4) is 5.75 Å². The lowest BCUT2D eigenvalue weighted by Crippen LogP contribution is -2.38. The second-order valence-electron chi connectivity index (χ2n) is 5.97. The molecule has 4 nitrogen and oxygen atoms in total. The van der Waals surface area contributed by atoms with Crippen LogP contribution in [-0.4, -0.2) is 29.8 Å². The van der Waals surface area contributed by atoms with Crippen molar-refractivity contribution in [3.05, 3.63) is 29.8 Å². The average molecular weight is 291 g/mol. The average Bonchev–Trinajstić information content (AvgIpc) is 2.99. The number of carbonyl (C=O) groups is 1. The largest absolute Gasteiger partial charge is 0.490 e. The summed E-state index contributed by atoms with van der Waals surface area (Å²) >= 11 is 0. The number of aliphatic hydroxyl groups is 1. The first-order valence-electron chi connectivity index (χ1n) is 7.78. The summed E-state index contributed by atoms with van der Waals surface area (Å²) in [5, 5.41) is 12.0. The number of carbonyl (C=O) groups excluding carboxylic acids is 1. The number of hydrogen-bond donors (Lipinski definition) is 2. The molecule has 2 rings (SSSR count). The van der Waals surface area contributed by atoms with Gasteiger partial charge in [-0.25, -0.2) is 0 Å². The van der Waals surface area contributed by atoms with Gasteiger partial charge in [-0.05, 0) is 56.7 Å². The van der Waals surface area contributed by atoms with Crippen molar-refractivity contribution < 1.29 is 14.6 Å². The second kappa shape index (κ2) is 7.46. The van der Waals surface area contributed by atoms with Gasteiger partial charge < -0.3 is 15.2 Å². The molecule has 0 aromatic heterocycles. The quantitative estimate of drug-likeness (QED) is 0.847. The van der Waals surface area contributed by atoms with Gasteiger partial charge in [-0.2, -0.15) is 0 Å². The van der Waals surface area contributed by atoms with Crippen molar-refractivity contribution in [1.29, 1.82) is 0 Å². The number of amides is 1. The molecule has 2 atom stereocenters. The Hall–Kier alpha value is -1.55. The van der Waals surface area contributed by atoms with E-state index in [0.717, 1.165) is 18.6 Å². The highest BCUT2D eigenvalue weighted by atomic mass is 16.5. The fraction of sp³-hybridized carbons (Fsp3) is 0.588. The van der Waals surface area contributed by atoms with Gasteiger partial charge in [-0.15, -0.1) is 0 Å². The number of aliphatic hydroxyl groups excluding tert-OH is 1. The van der Waals surface area contributed by atoms with Gasteiger partial charge in [0, 0.05) is 18.2 Å². The zero-order valence-electron chi connectivity index (χ0n) is 12.8. The Morgan fingerprint density at radius 3 is 2.76 bits per heavy atom. The van der Waals surface area contributed by atoms with Crippen LogP contribution in [0.5, 0.6) is 5.75 Å². The SMILES string of the molecule is CC(CO)C(C)NC(=O)c1cccc(OC2CCCC2)c1. The van der Waals surface area contributed by atoms with Gasteiger partial charge in [0.1, 0.15) is 5.75 Å². The van der Waals surface area contributed by atoms with E-state index in [9.17, 15) is 4.79 Å². The third-order valence-electron chi connectivity index (χ3n) is 4.20. The third kappa shape index (κ3) is 4.46. The smallest absolute Gasteiger partial charge is 0.251 e. The van der Waals surface area contributed by atoms with Crippen molar-refractivity contribution in [2.45, 2.75) is 51.7 Å². The van der Waals surface area contributed by atoms with Crippen LogP contribution in [0.2, 0.25) is 0 Å². The summed E-state index contributed by atoms with van der Waals surface area (Å²) in [7, 11) is 0. The topological polar surface area (TPSA) is 58.6 Å². The molecule has 21 heavy (non-hydrogen) atoms. The molecule has 1 aliphatic rings. The van der Waals surface area contributed by atoms with E-state index in [1.165, 1.54) is 12.8 Å². The highest BCUT2D eigenvalue weighted by Crippen LogP contribution is 2.24. The van der Waals surface area contributed by atoms with Gasteiger partial charge in [-0.3, -0.25) is 4.79 Å².